The fraction of sp³-hybridized carbons (Fsp3) is 0.125. The van der Waals surface area contributed by atoms with Crippen LogP contribution in [0.1, 0.15) is 10.4 Å². The Bertz CT molecular complexity index is 792. The summed E-state index contributed by atoms with van der Waals surface area (Å²) < 4.78 is 10.4. The number of methoxy groups -OCH3 is 1. The Hall–Kier alpha value is -2.73. The molecule has 2 aromatic carbocycles. The maximum absolute atomic E-state index is 12.3. The topological polar surface area (TPSA) is 76.7 Å². The van der Waals surface area contributed by atoms with Crippen molar-refractivity contribution < 1.29 is 19.1 Å². The Morgan fingerprint density at radius 2 is 2.13 bits per heavy atom. The first kappa shape index (κ1) is 15.2. The molecule has 0 atom stereocenters. The summed E-state index contributed by atoms with van der Waals surface area (Å²) in [6, 6.07) is 9.77. The van der Waals surface area contributed by atoms with E-state index in [1.165, 1.54) is 7.11 Å². The lowest BCUT2D eigenvalue weighted by atomic mass is 10.1. The Morgan fingerprint density at radius 1 is 1.30 bits per heavy atom. The number of nitrogens with one attached hydrogen (secondary N) is 2. The number of fused-ring (bicyclic) bond motifs is 1. The minimum atomic E-state index is -0.333. The summed E-state index contributed by atoms with van der Waals surface area (Å²) in [5.74, 6) is 0.504. The Balaban J connectivity index is 1.80. The molecule has 23 heavy (non-hydrogen) atoms. The van der Waals surface area contributed by atoms with Gasteiger partial charge in [0.25, 0.3) is 11.8 Å². The van der Waals surface area contributed by atoms with Crippen LogP contribution in [0.15, 0.2) is 36.4 Å². The van der Waals surface area contributed by atoms with Gasteiger partial charge in [-0.05, 0) is 30.3 Å². The summed E-state index contributed by atoms with van der Waals surface area (Å²) in [6.45, 7) is -0.0671. The van der Waals surface area contributed by atoms with Gasteiger partial charge in [0.1, 0.15) is 11.5 Å². The van der Waals surface area contributed by atoms with Crippen molar-refractivity contribution in [1.82, 2.24) is 0 Å². The van der Waals surface area contributed by atoms with Gasteiger partial charge in [0, 0.05) is 11.6 Å². The minimum absolute atomic E-state index is 0.0671. The zero-order chi connectivity index (χ0) is 16.4. The molecule has 1 heterocycles. The molecule has 118 valence electrons. The van der Waals surface area contributed by atoms with E-state index in [2.05, 4.69) is 10.6 Å². The molecule has 0 bridgehead atoms. The van der Waals surface area contributed by atoms with E-state index in [0.29, 0.717) is 33.5 Å². The fourth-order valence-corrected chi connectivity index (χ4v) is 2.35. The van der Waals surface area contributed by atoms with Crippen molar-refractivity contribution >= 4 is 34.8 Å². The molecule has 0 aliphatic carbocycles. The average molecular weight is 333 g/mol. The van der Waals surface area contributed by atoms with Crippen molar-refractivity contribution in [2.24, 2.45) is 0 Å². The van der Waals surface area contributed by atoms with E-state index in [4.69, 9.17) is 21.1 Å². The molecule has 2 N–H and O–H groups in total. The number of carbonyl (C=O) groups excluding carboxylic acids is 2. The van der Waals surface area contributed by atoms with Gasteiger partial charge in [0.15, 0.2) is 6.61 Å². The molecule has 6 nitrogen and oxygen atoms in total. The second-order valence-electron chi connectivity index (χ2n) is 4.85. The van der Waals surface area contributed by atoms with E-state index in [0.717, 1.165) is 0 Å². The number of carbonyl (C=O) groups is 2. The molecule has 1 aliphatic heterocycles. The van der Waals surface area contributed by atoms with Gasteiger partial charge in [0.2, 0.25) is 0 Å². The predicted molar refractivity (Wildman–Crippen MR) is 86.5 cm³/mol. The maximum Gasteiger partial charge on any atom is 0.262 e. The zero-order valence-corrected chi connectivity index (χ0v) is 12.9. The number of ether oxygens (including phenoxy) is 2. The number of anilines is 2. The van der Waals surface area contributed by atoms with Gasteiger partial charge in [-0.2, -0.15) is 0 Å². The molecule has 0 spiro atoms. The van der Waals surface area contributed by atoms with Crippen LogP contribution in [0, 0.1) is 0 Å². The normalized spacial score (nSPS) is 12.7. The SMILES string of the molecule is COc1ccc(NC(=O)c2ccc3c(c2)OCC(=O)N3)c(Cl)c1. The first-order valence-electron chi connectivity index (χ1n) is 6.78. The summed E-state index contributed by atoms with van der Waals surface area (Å²) >= 11 is 6.10. The predicted octanol–water partition coefficient (Wildman–Crippen LogP) is 2.93. The van der Waals surface area contributed by atoms with Crippen molar-refractivity contribution in [2.75, 3.05) is 24.4 Å². The summed E-state index contributed by atoms with van der Waals surface area (Å²) in [5.41, 5.74) is 1.41. The third-order valence-electron chi connectivity index (χ3n) is 3.30. The first-order chi connectivity index (χ1) is 11.1. The lowest BCUT2D eigenvalue weighted by molar-refractivity contribution is -0.118. The highest BCUT2D eigenvalue weighted by molar-refractivity contribution is 6.34. The van der Waals surface area contributed by atoms with Gasteiger partial charge in [-0.15, -0.1) is 0 Å². The smallest absolute Gasteiger partial charge is 0.262 e. The van der Waals surface area contributed by atoms with Crippen LogP contribution in [0.4, 0.5) is 11.4 Å². The molecule has 0 unspecified atom stereocenters. The van der Waals surface area contributed by atoms with Crippen LogP contribution in [0.2, 0.25) is 5.02 Å². The molecule has 2 aromatic rings. The van der Waals surface area contributed by atoms with Gasteiger partial charge in [0.05, 0.1) is 23.5 Å². The number of halogens is 1. The monoisotopic (exact) mass is 332 g/mol. The standard InChI is InChI=1S/C16H13ClN2O4/c1-22-10-3-5-12(11(17)7-10)19-16(21)9-2-4-13-14(6-9)23-8-15(20)18-13/h2-7H,8H2,1H3,(H,18,20)(H,19,21). The molecule has 1 aliphatic rings. The van der Waals surface area contributed by atoms with Crippen LogP contribution in [-0.2, 0) is 4.79 Å². The molecule has 0 radical (unpaired) electrons. The van der Waals surface area contributed by atoms with E-state index in [-0.39, 0.29) is 18.4 Å². The molecule has 0 aromatic heterocycles. The van der Waals surface area contributed by atoms with Gasteiger partial charge in [-0.1, -0.05) is 11.6 Å². The fourth-order valence-electron chi connectivity index (χ4n) is 2.13. The molecular formula is C16H13ClN2O4. The minimum Gasteiger partial charge on any atom is -0.497 e. The zero-order valence-electron chi connectivity index (χ0n) is 12.2. The van der Waals surface area contributed by atoms with Crippen molar-refractivity contribution in [1.29, 1.82) is 0 Å². The maximum atomic E-state index is 12.3. The molecule has 2 amide bonds. The van der Waals surface area contributed by atoms with Crippen molar-refractivity contribution in [3.63, 3.8) is 0 Å². The second-order valence-corrected chi connectivity index (χ2v) is 5.25. The molecule has 3 rings (SSSR count). The molecule has 0 saturated carbocycles. The van der Waals surface area contributed by atoms with E-state index in [1.807, 2.05) is 0 Å². The summed E-state index contributed by atoms with van der Waals surface area (Å²) in [7, 11) is 1.54. The van der Waals surface area contributed by atoms with E-state index in [9.17, 15) is 9.59 Å². The molecule has 0 saturated heterocycles. The summed E-state index contributed by atoms with van der Waals surface area (Å²) in [5, 5.41) is 5.77. The van der Waals surface area contributed by atoms with Crippen LogP contribution in [0.5, 0.6) is 11.5 Å². The largest absolute Gasteiger partial charge is 0.497 e. The highest BCUT2D eigenvalue weighted by Gasteiger charge is 2.18. The van der Waals surface area contributed by atoms with Crippen LogP contribution in [0.25, 0.3) is 0 Å². The molecule has 7 heteroatoms. The van der Waals surface area contributed by atoms with Crippen LogP contribution >= 0.6 is 11.6 Å². The van der Waals surface area contributed by atoms with Gasteiger partial charge in [-0.25, -0.2) is 0 Å². The third kappa shape index (κ3) is 3.22. The van der Waals surface area contributed by atoms with E-state index >= 15 is 0 Å². The lowest BCUT2D eigenvalue weighted by Gasteiger charge is -2.18. The first-order valence-corrected chi connectivity index (χ1v) is 7.16. The quantitative estimate of drug-likeness (QED) is 0.906. The lowest BCUT2D eigenvalue weighted by Crippen LogP contribution is -2.25. The number of amides is 2. The van der Waals surface area contributed by atoms with Crippen LogP contribution in [0.3, 0.4) is 0 Å². The van der Waals surface area contributed by atoms with Gasteiger partial charge >= 0.3 is 0 Å². The summed E-state index contributed by atoms with van der Waals surface area (Å²) in [6.07, 6.45) is 0. The highest BCUT2D eigenvalue weighted by atomic mass is 35.5. The van der Waals surface area contributed by atoms with E-state index < -0.39 is 0 Å². The van der Waals surface area contributed by atoms with Crippen molar-refractivity contribution in [2.45, 2.75) is 0 Å². The van der Waals surface area contributed by atoms with Gasteiger partial charge in [-0.3, -0.25) is 9.59 Å². The van der Waals surface area contributed by atoms with Gasteiger partial charge < -0.3 is 20.1 Å². The molecular weight excluding hydrogens is 320 g/mol. The average Bonchev–Trinajstić information content (AvgIpc) is 2.56. The van der Waals surface area contributed by atoms with Crippen LogP contribution in [-0.4, -0.2) is 25.5 Å². The number of hydrogen-bond acceptors (Lipinski definition) is 4. The van der Waals surface area contributed by atoms with Crippen LogP contribution < -0.4 is 20.1 Å². The third-order valence-corrected chi connectivity index (χ3v) is 3.61. The van der Waals surface area contributed by atoms with E-state index in [1.54, 1.807) is 36.4 Å². The second kappa shape index (κ2) is 6.18. The summed E-state index contributed by atoms with van der Waals surface area (Å²) in [4.78, 5) is 23.6. The Kier molecular flexibility index (Phi) is 4.08. The number of rotatable bonds is 3. The Labute approximate surface area is 137 Å². The van der Waals surface area contributed by atoms with Crippen molar-refractivity contribution in [3.8, 4) is 11.5 Å². The molecule has 0 fully saturated rings. The number of benzene rings is 2. The Morgan fingerprint density at radius 3 is 2.87 bits per heavy atom. The van der Waals surface area contributed by atoms with Crippen molar-refractivity contribution in [3.05, 3.63) is 47.0 Å². The number of hydrogen-bond donors (Lipinski definition) is 2. The highest BCUT2D eigenvalue weighted by Crippen LogP contribution is 2.30.